The van der Waals surface area contributed by atoms with Crippen molar-refractivity contribution in [3.05, 3.63) is 32.4 Å². The standard InChI is InChI=1S/C12H17BrN4S/c1-4-9(14)12(10-5-6-11(13)18-10)17-8(3)15-7(2)16-17/h5-6,9,12H,4,14H2,1-3H3. The van der Waals surface area contributed by atoms with E-state index in [-0.39, 0.29) is 12.1 Å². The lowest BCUT2D eigenvalue weighted by Gasteiger charge is -2.23. The molecule has 0 aliphatic carbocycles. The molecule has 98 valence electrons. The van der Waals surface area contributed by atoms with Crippen LogP contribution < -0.4 is 5.73 Å². The van der Waals surface area contributed by atoms with Crippen LogP contribution in [0.4, 0.5) is 0 Å². The Morgan fingerprint density at radius 3 is 2.61 bits per heavy atom. The van der Waals surface area contributed by atoms with Gasteiger partial charge in [-0.3, -0.25) is 0 Å². The second kappa shape index (κ2) is 5.50. The first kappa shape index (κ1) is 13.7. The van der Waals surface area contributed by atoms with Crippen LogP contribution in [0.15, 0.2) is 15.9 Å². The van der Waals surface area contributed by atoms with Crippen LogP contribution in [-0.4, -0.2) is 20.8 Å². The third kappa shape index (κ3) is 2.65. The lowest BCUT2D eigenvalue weighted by molar-refractivity contribution is 0.420. The summed E-state index contributed by atoms with van der Waals surface area (Å²) in [7, 11) is 0. The number of hydrogen-bond donors (Lipinski definition) is 1. The summed E-state index contributed by atoms with van der Waals surface area (Å²) >= 11 is 5.20. The summed E-state index contributed by atoms with van der Waals surface area (Å²) in [5.74, 6) is 1.70. The van der Waals surface area contributed by atoms with Gasteiger partial charge in [0.2, 0.25) is 0 Å². The highest BCUT2D eigenvalue weighted by molar-refractivity contribution is 9.11. The second-order valence-corrected chi connectivity index (χ2v) is 6.80. The van der Waals surface area contributed by atoms with Crippen LogP contribution in [-0.2, 0) is 0 Å². The van der Waals surface area contributed by atoms with Crippen molar-refractivity contribution >= 4 is 27.3 Å². The monoisotopic (exact) mass is 328 g/mol. The van der Waals surface area contributed by atoms with Crippen molar-refractivity contribution < 1.29 is 0 Å². The summed E-state index contributed by atoms with van der Waals surface area (Å²) in [6.45, 7) is 5.97. The van der Waals surface area contributed by atoms with Crippen LogP contribution in [0, 0.1) is 13.8 Å². The minimum Gasteiger partial charge on any atom is -0.326 e. The number of rotatable bonds is 4. The zero-order valence-electron chi connectivity index (χ0n) is 10.7. The molecule has 2 aromatic rings. The van der Waals surface area contributed by atoms with E-state index in [1.165, 1.54) is 4.88 Å². The minimum absolute atomic E-state index is 0.0374. The summed E-state index contributed by atoms with van der Waals surface area (Å²) in [5.41, 5.74) is 6.27. The molecule has 0 saturated heterocycles. The molecule has 0 spiro atoms. The van der Waals surface area contributed by atoms with E-state index in [4.69, 9.17) is 5.73 Å². The molecule has 0 amide bonds. The van der Waals surface area contributed by atoms with Gasteiger partial charge in [0.25, 0.3) is 0 Å². The number of nitrogens with two attached hydrogens (primary N) is 1. The van der Waals surface area contributed by atoms with E-state index >= 15 is 0 Å². The molecule has 6 heteroatoms. The molecule has 18 heavy (non-hydrogen) atoms. The molecule has 2 atom stereocenters. The van der Waals surface area contributed by atoms with Crippen molar-refractivity contribution in [2.24, 2.45) is 5.73 Å². The zero-order chi connectivity index (χ0) is 13.3. The maximum absolute atomic E-state index is 6.27. The van der Waals surface area contributed by atoms with Gasteiger partial charge in [-0.05, 0) is 48.3 Å². The van der Waals surface area contributed by atoms with E-state index in [1.807, 2.05) is 18.5 Å². The lowest BCUT2D eigenvalue weighted by atomic mass is 10.1. The number of hydrogen-bond acceptors (Lipinski definition) is 4. The Balaban J connectivity index is 2.46. The van der Waals surface area contributed by atoms with Gasteiger partial charge in [-0.2, -0.15) is 5.10 Å². The van der Waals surface area contributed by atoms with Crippen LogP contribution >= 0.6 is 27.3 Å². The number of aromatic nitrogens is 3. The van der Waals surface area contributed by atoms with Gasteiger partial charge in [-0.25, -0.2) is 9.67 Å². The Morgan fingerprint density at radius 1 is 1.44 bits per heavy atom. The number of nitrogens with zero attached hydrogens (tertiary/aromatic N) is 3. The Bertz CT molecular complexity index is 534. The lowest BCUT2D eigenvalue weighted by Crippen LogP contribution is -2.33. The van der Waals surface area contributed by atoms with E-state index < -0.39 is 0 Å². The number of aryl methyl sites for hydroxylation is 2. The topological polar surface area (TPSA) is 56.7 Å². The predicted octanol–water partition coefficient (Wildman–Crippen LogP) is 3.05. The van der Waals surface area contributed by atoms with Crippen molar-refractivity contribution in [2.45, 2.75) is 39.3 Å². The average molecular weight is 329 g/mol. The molecule has 2 aromatic heterocycles. The summed E-state index contributed by atoms with van der Waals surface area (Å²) in [6, 6.07) is 4.25. The van der Waals surface area contributed by atoms with E-state index in [9.17, 15) is 0 Å². The third-order valence-electron chi connectivity index (χ3n) is 2.93. The fourth-order valence-corrected chi connectivity index (χ4v) is 3.61. The molecule has 0 bridgehead atoms. The van der Waals surface area contributed by atoms with Crippen LogP contribution in [0.5, 0.6) is 0 Å². The molecule has 2 unspecified atom stereocenters. The summed E-state index contributed by atoms with van der Waals surface area (Å²) in [5, 5.41) is 4.48. The van der Waals surface area contributed by atoms with Gasteiger partial charge >= 0.3 is 0 Å². The Kier molecular flexibility index (Phi) is 4.19. The van der Waals surface area contributed by atoms with Crippen molar-refractivity contribution in [1.29, 1.82) is 0 Å². The summed E-state index contributed by atoms with van der Waals surface area (Å²) in [6.07, 6.45) is 0.901. The van der Waals surface area contributed by atoms with Gasteiger partial charge in [0.15, 0.2) is 0 Å². The predicted molar refractivity (Wildman–Crippen MR) is 77.9 cm³/mol. The van der Waals surface area contributed by atoms with E-state index in [1.54, 1.807) is 11.3 Å². The second-order valence-electron chi connectivity index (χ2n) is 4.31. The van der Waals surface area contributed by atoms with Crippen LogP contribution in [0.25, 0.3) is 0 Å². The van der Waals surface area contributed by atoms with Crippen LogP contribution in [0.1, 0.15) is 35.9 Å². The van der Waals surface area contributed by atoms with Gasteiger partial charge in [-0.1, -0.05) is 6.92 Å². The maximum atomic E-state index is 6.27. The van der Waals surface area contributed by atoms with Gasteiger partial charge in [0.05, 0.1) is 3.79 Å². The smallest absolute Gasteiger partial charge is 0.147 e. The molecule has 0 aromatic carbocycles. The third-order valence-corrected chi connectivity index (χ3v) is 4.63. The number of thiophene rings is 1. The molecular weight excluding hydrogens is 312 g/mol. The van der Waals surface area contributed by atoms with Gasteiger partial charge in [-0.15, -0.1) is 11.3 Å². The van der Waals surface area contributed by atoms with Crippen molar-refractivity contribution in [3.8, 4) is 0 Å². The quantitative estimate of drug-likeness (QED) is 0.938. The summed E-state index contributed by atoms with van der Waals surface area (Å²) in [4.78, 5) is 5.58. The molecule has 2 heterocycles. The van der Waals surface area contributed by atoms with Crippen LogP contribution in [0.2, 0.25) is 0 Å². The molecule has 0 radical (unpaired) electrons. The first-order valence-corrected chi connectivity index (χ1v) is 7.54. The SMILES string of the molecule is CCC(N)C(c1ccc(Br)s1)n1nc(C)nc1C. The van der Waals surface area contributed by atoms with Gasteiger partial charge < -0.3 is 5.73 Å². The fraction of sp³-hybridized carbons (Fsp3) is 0.500. The molecule has 0 saturated carbocycles. The molecule has 0 aliphatic rings. The highest BCUT2D eigenvalue weighted by atomic mass is 79.9. The first-order valence-electron chi connectivity index (χ1n) is 5.93. The normalized spacial score (nSPS) is 14.7. The molecule has 2 N–H and O–H groups in total. The van der Waals surface area contributed by atoms with Gasteiger partial charge in [0.1, 0.15) is 17.7 Å². The Labute approximate surface area is 119 Å². The molecular formula is C12H17BrN4S. The maximum Gasteiger partial charge on any atom is 0.147 e. The zero-order valence-corrected chi connectivity index (χ0v) is 13.1. The number of halogens is 1. The summed E-state index contributed by atoms with van der Waals surface area (Å²) < 4.78 is 3.06. The molecule has 0 fully saturated rings. The largest absolute Gasteiger partial charge is 0.326 e. The highest BCUT2D eigenvalue weighted by Crippen LogP contribution is 2.32. The first-order chi connectivity index (χ1) is 8.52. The van der Waals surface area contributed by atoms with E-state index in [0.29, 0.717) is 0 Å². The molecule has 0 aliphatic heterocycles. The fourth-order valence-electron chi connectivity index (χ4n) is 2.02. The Morgan fingerprint density at radius 2 is 2.17 bits per heavy atom. The van der Waals surface area contributed by atoms with Gasteiger partial charge in [0, 0.05) is 10.9 Å². The highest BCUT2D eigenvalue weighted by Gasteiger charge is 2.25. The minimum atomic E-state index is 0.0374. The average Bonchev–Trinajstić information content (AvgIpc) is 2.86. The Hall–Kier alpha value is -0.720. The van der Waals surface area contributed by atoms with Crippen LogP contribution in [0.3, 0.4) is 0 Å². The molecule has 4 nitrogen and oxygen atoms in total. The van der Waals surface area contributed by atoms with Crippen molar-refractivity contribution in [3.63, 3.8) is 0 Å². The van der Waals surface area contributed by atoms with Crippen molar-refractivity contribution in [1.82, 2.24) is 14.8 Å². The van der Waals surface area contributed by atoms with E-state index in [0.717, 1.165) is 21.9 Å². The van der Waals surface area contributed by atoms with E-state index in [2.05, 4.69) is 45.1 Å². The molecule has 2 rings (SSSR count). The van der Waals surface area contributed by atoms with Crippen molar-refractivity contribution in [2.75, 3.05) is 0 Å².